The topological polar surface area (TPSA) is 56.0 Å². The molecule has 0 amide bonds. The second-order valence-electron chi connectivity index (χ2n) is 3.75. The average Bonchev–Trinajstić information content (AvgIpc) is 2.31. The van der Waals surface area contributed by atoms with Crippen LogP contribution in [-0.2, 0) is 0 Å². The largest absolute Gasteiger partial charge is 0.274 e. The first-order valence-electron chi connectivity index (χ1n) is 5.06. The van der Waals surface area contributed by atoms with E-state index in [4.69, 9.17) is 11.6 Å². The molecule has 1 aromatic carbocycles. The summed E-state index contributed by atoms with van der Waals surface area (Å²) in [5.74, 6) is -0.431. The SMILES string of the molecule is Cc1ccc(F)cc1-c1cc([N+](=O)[O-])cc(Cl)n1. The Hall–Kier alpha value is -2.01. The van der Waals surface area contributed by atoms with Crippen molar-refractivity contribution in [1.29, 1.82) is 0 Å². The molecule has 0 saturated carbocycles. The maximum absolute atomic E-state index is 13.2. The van der Waals surface area contributed by atoms with Crippen molar-refractivity contribution in [2.75, 3.05) is 0 Å². The summed E-state index contributed by atoms with van der Waals surface area (Å²) in [4.78, 5) is 14.2. The first-order chi connectivity index (χ1) is 8.47. The van der Waals surface area contributed by atoms with Gasteiger partial charge in [0.15, 0.2) is 0 Å². The minimum atomic E-state index is -0.564. The molecule has 4 nitrogen and oxygen atoms in total. The van der Waals surface area contributed by atoms with Gasteiger partial charge in [0.1, 0.15) is 11.0 Å². The summed E-state index contributed by atoms with van der Waals surface area (Å²) in [5.41, 5.74) is 1.36. The van der Waals surface area contributed by atoms with Crippen molar-refractivity contribution in [1.82, 2.24) is 4.98 Å². The van der Waals surface area contributed by atoms with Gasteiger partial charge in [-0.3, -0.25) is 10.1 Å². The van der Waals surface area contributed by atoms with Crippen LogP contribution in [0.4, 0.5) is 10.1 Å². The van der Waals surface area contributed by atoms with Gasteiger partial charge in [-0.25, -0.2) is 9.37 Å². The van der Waals surface area contributed by atoms with Crippen LogP contribution in [0, 0.1) is 22.9 Å². The van der Waals surface area contributed by atoms with Crippen molar-refractivity contribution in [2.24, 2.45) is 0 Å². The number of aryl methyl sites for hydroxylation is 1. The number of hydrogen-bond donors (Lipinski definition) is 0. The number of nitrogens with zero attached hydrogens (tertiary/aromatic N) is 2. The van der Waals surface area contributed by atoms with E-state index in [0.717, 1.165) is 11.6 Å². The zero-order chi connectivity index (χ0) is 13.3. The molecule has 0 unspecified atom stereocenters. The van der Waals surface area contributed by atoms with Gasteiger partial charge in [-0.15, -0.1) is 0 Å². The fourth-order valence-corrected chi connectivity index (χ4v) is 1.80. The number of halogens is 2. The smallest absolute Gasteiger partial charge is 0.258 e. The van der Waals surface area contributed by atoms with Crippen molar-refractivity contribution in [3.05, 3.63) is 57.0 Å². The fraction of sp³-hybridized carbons (Fsp3) is 0.0833. The molecule has 0 fully saturated rings. The van der Waals surface area contributed by atoms with E-state index in [2.05, 4.69) is 4.98 Å². The van der Waals surface area contributed by atoms with E-state index < -0.39 is 10.7 Å². The molecule has 18 heavy (non-hydrogen) atoms. The zero-order valence-corrected chi connectivity index (χ0v) is 10.1. The lowest BCUT2D eigenvalue weighted by Crippen LogP contribution is -1.93. The first kappa shape index (κ1) is 12.4. The summed E-state index contributed by atoms with van der Waals surface area (Å²) in [6.45, 7) is 1.77. The Balaban J connectivity index is 2.63. The summed E-state index contributed by atoms with van der Waals surface area (Å²) >= 11 is 5.73. The second-order valence-corrected chi connectivity index (χ2v) is 4.14. The van der Waals surface area contributed by atoms with Gasteiger partial charge in [0.25, 0.3) is 5.69 Å². The molecule has 0 aliphatic rings. The zero-order valence-electron chi connectivity index (χ0n) is 9.35. The number of aromatic nitrogens is 1. The van der Waals surface area contributed by atoms with Gasteiger partial charge in [0.05, 0.1) is 16.7 Å². The normalized spacial score (nSPS) is 10.4. The maximum atomic E-state index is 13.2. The van der Waals surface area contributed by atoms with Gasteiger partial charge in [0, 0.05) is 11.6 Å². The van der Waals surface area contributed by atoms with Crippen LogP contribution in [-0.4, -0.2) is 9.91 Å². The molecule has 1 aromatic heterocycles. The Morgan fingerprint density at radius 3 is 2.72 bits per heavy atom. The molecular formula is C12H8ClFN2O2. The molecule has 0 aliphatic heterocycles. The molecule has 0 spiro atoms. The number of pyridine rings is 1. The molecule has 6 heteroatoms. The van der Waals surface area contributed by atoms with Crippen LogP contribution >= 0.6 is 11.6 Å². The predicted molar refractivity (Wildman–Crippen MR) is 66.0 cm³/mol. The molecule has 0 atom stereocenters. The standard InChI is InChI=1S/C12H8ClFN2O2/c1-7-2-3-8(14)4-10(7)11-5-9(16(17)18)6-12(13)15-11/h2-6H,1H3. The van der Waals surface area contributed by atoms with Crippen molar-refractivity contribution in [3.8, 4) is 11.3 Å². The highest BCUT2D eigenvalue weighted by atomic mass is 35.5. The summed E-state index contributed by atoms with van der Waals surface area (Å²) < 4.78 is 13.2. The predicted octanol–water partition coefficient (Wildman–Crippen LogP) is 3.76. The van der Waals surface area contributed by atoms with E-state index in [9.17, 15) is 14.5 Å². The maximum Gasteiger partial charge on any atom is 0.274 e. The van der Waals surface area contributed by atoms with Crippen LogP contribution < -0.4 is 0 Å². The van der Waals surface area contributed by atoms with Gasteiger partial charge >= 0.3 is 0 Å². The molecule has 2 aromatic rings. The van der Waals surface area contributed by atoms with E-state index in [1.54, 1.807) is 13.0 Å². The molecule has 0 saturated heterocycles. The highest BCUT2D eigenvalue weighted by Gasteiger charge is 2.13. The van der Waals surface area contributed by atoms with Gasteiger partial charge in [-0.1, -0.05) is 17.7 Å². The molecule has 0 radical (unpaired) electrons. The van der Waals surface area contributed by atoms with Crippen LogP contribution in [0.15, 0.2) is 30.3 Å². The monoisotopic (exact) mass is 266 g/mol. The molecule has 1 heterocycles. The van der Waals surface area contributed by atoms with E-state index >= 15 is 0 Å². The van der Waals surface area contributed by atoms with Gasteiger partial charge < -0.3 is 0 Å². The highest BCUT2D eigenvalue weighted by Crippen LogP contribution is 2.27. The van der Waals surface area contributed by atoms with E-state index in [1.165, 1.54) is 18.2 Å². The van der Waals surface area contributed by atoms with Crippen LogP contribution in [0.5, 0.6) is 0 Å². The summed E-state index contributed by atoms with van der Waals surface area (Å²) in [5, 5.41) is 10.7. The Labute approximate surface area is 107 Å². The molecule has 0 bridgehead atoms. The Morgan fingerprint density at radius 1 is 1.33 bits per heavy atom. The lowest BCUT2D eigenvalue weighted by atomic mass is 10.0. The minimum Gasteiger partial charge on any atom is -0.258 e. The van der Waals surface area contributed by atoms with E-state index in [1.807, 2.05) is 0 Å². The molecule has 0 N–H and O–H groups in total. The summed E-state index contributed by atoms with van der Waals surface area (Å²) in [6, 6.07) is 6.60. The van der Waals surface area contributed by atoms with Crippen molar-refractivity contribution in [2.45, 2.75) is 6.92 Å². The Kier molecular flexibility index (Phi) is 3.25. The van der Waals surface area contributed by atoms with Gasteiger partial charge in [0.2, 0.25) is 0 Å². The number of benzene rings is 1. The van der Waals surface area contributed by atoms with Crippen molar-refractivity contribution in [3.63, 3.8) is 0 Å². The highest BCUT2D eigenvalue weighted by molar-refractivity contribution is 6.29. The molecule has 92 valence electrons. The molecule has 2 rings (SSSR count). The minimum absolute atomic E-state index is 0.00265. The van der Waals surface area contributed by atoms with Crippen LogP contribution in [0.2, 0.25) is 5.15 Å². The first-order valence-corrected chi connectivity index (χ1v) is 5.43. The van der Waals surface area contributed by atoms with Gasteiger partial charge in [-0.05, 0) is 24.6 Å². The molecule has 0 aliphatic carbocycles. The third kappa shape index (κ3) is 2.46. The van der Waals surface area contributed by atoms with Crippen LogP contribution in [0.1, 0.15) is 5.56 Å². The summed E-state index contributed by atoms with van der Waals surface area (Å²) in [6.07, 6.45) is 0. The van der Waals surface area contributed by atoms with Crippen LogP contribution in [0.25, 0.3) is 11.3 Å². The third-order valence-electron chi connectivity index (χ3n) is 2.47. The van der Waals surface area contributed by atoms with Crippen molar-refractivity contribution < 1.29 is 9.31 Å². The number of hydrogen-bond acceptors (Lipinski definition) is 3. The van der Waals surface area contributed by atoms with E-state index in [-0.39, 0.29) is 16.5 Å². The fourth-order valence-electron chi connectivity index (χ4n) is 1.60. The second kappa shape index (κ2) is 4.70. The lowest BCUT2D eigenvalue weighted by molar-refractivity contribution is -0.384. The third-order valence-corrected chi connectivity index (χ3v) is 2.66. The Morgan fingerprint density at radius 2 is 2.06 bits per heavy atom. The van der Waals surface area contributed by atoms with Crippen LogP contribution in [0.3, 0.4) is 0 Å². The average molecular weight is 267 g/mol. The van der Waals surface area contributed by atoms with E-state index in [0.29, 0.717) is 5.56 Å². The van der Waals surface area contributed by atoms with Crippen molar-refractivity contribution >= 4 is 17.3 Å². The molecular weight excluding hydrogens is 259 g/mol. The quantitative estimate of drug-likeness (QED) is 0.472. The Bertz CT molecular complexity index is 631. The lowest BCUT2D eigenvalue weighted by Gasteiger charge is -2.05. The number of rotatable bonds is 2. The number of nitro groups is 1. The summed E-state index contributed by atoms with van der Waals surface area (Å²) in [7, 11) is 0. The van der Waals surface area contributed by atoms with Gasteiger partial charge in [-0.2, -0.15) is 0 Å².